The highest BCUT2D eigenvalue weighted by Crippen LogP contribution is 2.48. The maximum Gasteiger partial charge on any atom is 0.191 e. The van der Waals surface area contributed by atoms with Crippen LogP contribution in [0.2, 0.25) is 0 Å². The van der Waals surface area contributed by atoms with Gasteiger partial charge < -0.3 is 15.2 Å². The Morgan fingerprint density at radius 1 is 1.24 bits per heavy atom. The summed E-state index contributed by atoms with van der Waals surface area (Å²) >= 11 is 0. The number of benzene rings is 1. The van der Waals surface area contributed by atoms with Gasteiger partial charge in [-0.3, -0.25) is 4.99 Å². The molecule has 0 radical (unpaired) electrons. The molecule has 0 aliphatic heterocycles. The first-order chi connectivity index (χ1) is 11.8. The van der Waals surface area contributed by atoms with Crippen LogP contribution in [-0.4, -0.2) is 35.1 Å². The largest absolute Gasteiger partial charge is 0.357 e. The van der Waals surface area contributed by atoms with Gasteiger partial charge in [-0.1, -0.05) is 30.3 Å². The van der Waals surface area contributed by atoms with Crippen molar-refractivity contribution in [1.82, 2.24) is 20.2 Å². The van der Waals surface area contributed by atoms with Crippen LogP contribution in [0.1, 0.15) is 31.7 Å². The van der Waals surface area contributed by atoms with Gasteiger partial charge in [-0.25, -0.2) is 4.98 Å². The van der Waals surface area contributed by atoms with Crippen molar-refractivity contribution in [2.75, 3.05) is 19.6 Å². The summed E-state index contributed by atoms with van der Waals surface area (Å²) in [7, 11) is 0. The van der Waals surface area contributed by atoms with Crippen molar-refractivity contribution in [2.24, 2.45) is 4.99 Å². The highest BCUT2D eigenvalue weighted by molar-refractivity contribution is 14.0. The zero-order valence-electron chi connectivity index (χ0n) is 14.8. The maximum absolute atomic E-state index is 4.83. The molecule has 1 heterocycles. The lowest BCUT2D eigenvalue weighted by atomic mass is 9.96. The molecule has 1 aromatic carbocycles. The summed E-state index contributed by atoms with van der Waals surface area (Å²) in [6.45, 7) is 5.72. The van der Waals surface area contributed by atoms with E-state index in [0.29, 0.717) is 0 Å². The molecule has 0 spiro atoms. The van der Waals surface area contributed by atoms with Crippen LogP contribution in [0.3, 0.4) is 0 Å². The number of imidazole rings is 1. The minimum atomic E-state index is 0. The molecule has 3 rings (SSSR count). The monoisotopic (exact) mass is 453 g/mol. The highest BCUT2D eigenvalue weighted by atomic mass is 127. The summed E-state index contributed by atoms with van der Waals surface area (Å²) in [4.78, 5) is 8.90. The zero-order valence-corrected chi connectivity index (χ0v) is 17.1. The maximum atomic E-state index is 4.83. The van der Waals surface area contributed by atoms with Crippen LogP contribution in [0.4, 0.5) is 0 Å². The number of halogens is 1. The number of guanidine groups is 1. The molecule has 1 aromatic heterocycles. The van der Waals surface area contributed by atoms with E-state index < -0.39 is 0 Å². The Hall–Kier alpha value is -1.57. The molecule has 2 aromatic rings. The first-order valence-corrected chi connectivity index (χ1v) is 8.86. The van der Waals surface area contributed by atoms with Gasteiger partial charge in [-0.05, 0) is 31.7 Å². The number of rotatable bonds is 8. The Kier molecular flexibility index (Phi) is 7.74. The molecule has 1 aliphatic carbocycles. The van der Waals surface area contributed by atoms with Crippen molar-refractivity contribution in [2.45, 2.75) is 38.1 Å². The van der Waals surface area contributed by atoms with Gasteiger partial charge in [0.25, 0.3) is 0 Å². The number of hydrogen-bond donors (Lipinski definition) is 2. The van der Waals surface area contributed by atoms with E-state index in [-0.39, 0.29) is 29.4 Å². The van der Waals surface area contributed by atoms with Crippen LogP contribution in [0.25, 0.3) is 0 Å². The van der Waals surface area contributed by atoms with E-state index in [1.54, 1.807) is 0 Å². The Labute approximate surface area is 167 Å². The van der Waals surface area contributed by atoms with Gasteiger partial charge in [-0.2, -0.15) is 0 Å². The quantitative estimate of drug-likeness (QED) is 0.280. The van der Waals surface area contributed by atoms with Crippen LogP contribution in [0, 0.1) is 0 Å². The summed E-state index contributed by atoms with van der Waals surface area (Å²) in [5, 5.41) is 6.79. The molecule has 6 heteroatoms. The predicted molar refractivity (Wildman–Crippen MR) is 114 cm³/mol. The number of aryl methyl sites for hydroxylation is 1. The van der Waals surface area contributed by atoms with Gasteiger partial charge in [0.2, 0.25) is 0 Å². The predicted octanol–water partition coefficient (Wildman–Crippen LogP) is 3.18. The number of nitrogens with zero attached hydrogens (tertiary/aromatic N) is 3. The zero-order chi connectivity index (χ0) is 16.7. The van der Waals surface area contributed by atoms with E-state index in [0.717, 1.165) is 38.6 Å². The molecule has 25 heavy (non-hydrogen) atoms. The molecule has 1 saturated carbocycles. The van der Waals surface area contributed by atoms with E-state index in [1.165, 1.54) is 18.4 Å². The van der Waals surface area contributed by atoms with Crippen LogP contribution in [0.15, 0.2) is 54.0 Å². The lowest BCUT2D eigenvalue weighted by Gasteiger charge is -2.16. The van der Waals surface area contributed by atoms with E-state index in [1.807, 2.05) is 18.7 Å². The Morgan fingerprint density at radius 3 is 2.68 bits per heavy atom. The van der Waals surface area contributed by atoms with Crippen molar-refractivity contribution >= 4 is 29.9 Å². The number of aromatic nitrogens is 2. The fraction of sp³-hybridized carbons (Fsp3) is 0.474. The van der Waals surface area contributed by atoms with Gasteiger partial charge in [0.05, 0.1) is 12.9 Å². The summed E-state index contributed by atoms with van der Waals surface area (Å²) in [5.74, 6) is 0.922. The summed E-state index contributed by atoms with van der Waals surface area (Å²) < 4.78 is 2.10. The topological polar surface area (TPSA) is 54.2 Å². The fourth-order valence-corrected chi connectivity index (χ4v) is 2.94. The van der Waals surface area contributed by atoms with Crippen molar-refractivity contribution in [3.8, 4) is 0 Å². The van der Waals surface area contributed by atoms with Crippen molar-refractivity contribution in [3.63, 3.8) is 0 Å². The van der Waals surface area contributed by atoms with Crippen LogP contribution < -0.4 is 10.6 Å². The van der Waals surface area contributed by atoms with Gasteiger partial charge in [0.1, 0.15) is 0 Å². The molecule has 0 bridgehead atoms. The lowest BCUT2D eigenvalue weighted by molar-refractivity contribution is 0.622. The second-order valence-corrected chi connectivity index (χ2v) is 6.42. The van der Waals surface area contributed by atoms with Crippen molar-refractivity contribution in [1.29, 1.82) is 0 Å². The van der Waals surface area contributed by atoms with Gasteiger partial charge in [0.15, 0.2) is 5.96 Å². The second-order valence-electron chi connectivity index (χ2n) is 6.42. The Balaban J connectivity index is 0.00000225. The molecular weight excluding hydrogens is 425 g/mol. The molecule has 0 amide bonds. The summed E-state index contributed by atoms with van der Waals surface area (Å²) in [6.07, 6.45) is 9.19. The van der Waals surface area contributed by atoms with E-state index >= 15 is 0 Å². The molecule has 136 valence electrons. The van der Waals surface area contributed by atoms with E-state index in [2.05, 4.69) is 57.4 Å². The SMILES string of the molecule is CCNC(=NCC1(c2ccccc2)CC1)NCCCn1ccnc1.I. The summed E-state index contributed by atoms with van der Waals surface area (Å²) in [5.41, 5.74) is 1.69. The number of hydrogen-bond acceptors (Lipinski definition) is 2. The number of nitrogens with one attached hydrogen (secondary N) is 2. The Morgan fingerprint density at radius 2 is 2.04 bits per heavy atom. The van der Waals surface area contributed by atoms with Crippen molar-refractivity contribution < 1.29 is 0 Å². The average molecular weight is 453 g/mol. The van der Waals surface area contributed by atoms with Gasteiger partial charge in [-0.15, -0.1) is 24.0 Å². The first-order valence-electron chi connectivity index (χ1n) is 8.86. The molecule has 0 unspecified atom stereocenters. The van der Waals surface area contributed by atoms with E-state index in [4.69, 9.17) is 4.99 Å². The number of aliphatic imine (C=N–C) groups is 1. The minimum absolute atomic E-state index is 0. The summed E-state index contributed by atoms with van der Waals surface area (Å²) in [6, 6.07) is 10.8. The molecule has 1 fully saturated rings. The van der Waals surface area contributed by atoms with E-state index in [9.17, 15) is 0 Å². The van der Waals surface area contributed by atoms with Crippen molar-refractivity contribution in [3.05, 3.63) is 54.6 Å². The molecule has 5 nitrogen and oxygen atoms in total. The third-order valence-corrected chi connectivity index (χ3v) is 4.57. The van der Waals surface area contributed by atoms with Crippen LogP contribution in [0.5, 0.6) is 0 Å². The van der Waals surface area contributed by atoms with Crippen LogP contribution in [-0.2, 0) is 12.0 Å². The third kappa shape index (κ3) is 5.73. The highest BCUT2D eigenvalue weighted by Gasteiger charge is 2.43. The molecule has 0 atom stereocenters. The average Bonchev–Trinajstić information content (AvgIpc) is 3.24. The molecule has 2 N–H and O–H groups in total. The molecule has 1 aliphatic rings. The molecular formula is C19H28IN5. The smallest absolute Gasteiger partial charge is 0.191 e. The lowest BCUT2D eigenvalue weighted by Crippen LogP contribution is -2.38. The normalized spacial score (nSPS) is 15.3. The standard InChI is InChI=1S/C19H27N5.HI/c1-2-21-18(22-11-6-13-24-14-12-20-16-24)23-15-19(9-10-19)17-7-4-3-5-8-17;/h3-5,7-8,12,14,16H,2,6,9-11,13,15H2,1H3,(H2,21,22,23);1H. The first kappa shape index (κ1) is 19.8. The third-order valence-electron chi connectivity index (χ3n) is 4.57. The molecule has 0 saturated heterocycles. The Bertz CT molecular complexity index is 635. The van der Waals surface area contributed by atoms with Gasteiger partial charge in [0, 0.05) is 37.4 Å². The van der Waals surface area contributed by atoms with Gasteiger partial charge >= 0.3 is 0 Å². The fourth-order valence-electron chi connectivity index (χ4n) is 2.94. The second kappa shape index (κ2) is 9.79. The minimum Gasteiger partial charge on any atom is -0.357 e. The van der Waals surface area contributed by atoms with Crippen LogP contribution >= 0.6 is 24.0 Å².